The van der Waals surface area contributed by atoms with Crippen LogP contribution < -0.4 is 25.7 Å². The average molecular weight is 408 g/mol. The van der Waals surface area contributed by atoms with Crippen LogP contribution in [0, 0.1) is 6.92 Å². The molecule has 30 heavy (non-hydrogen) atoms. The zero-order chi connectivity index (χ0) is 21.7. The van der Waals surface area contributed by atoms with Gasteiger partial charge in [0.15, 0.2) is 23.9 Å². The van der Waals surface area contributed by atoms with Crippen molar-refractivity contribution < 1.29 is 19.0 Å². The topological polar surface area (TPSA) is 123 Å². The molecular formula is C22H24N4O4. The number of carbonyl (C=O) groups excluding carboxylic acids is 1. The van der Waals surface area contributed by atoms with E-state index in [1.54, 1.807) is 30.5 Å². The van der Waals surface area contributed by atoms with Gasteiger partial charge in [0.05, 0.1) is 14.2 Å². The molecule has 0 spiro atoms. The van der Waals surface area contributed by atoms with Crippen LogP contribution in [0.5, 0.6) is 17.2 Å². The minimum atomic E-state index is -0.145. The van der Waals surface area contributed by atoms with Gasteiger partial charge in [-0.15, -0.1) is 0 Å². The van der Waals surface area contributed by atoms with Crippen LogP contribution in [0.1, 0.15) is 27.0 Å². The molecule has 2 aromatic carbocycles. The fraction of sp³-hybridized carbons (Fsp3) is 0.227. The van der Waals surface area contributed by atoms with Crippen LogP contribution in [0.4, 0.5) is 11.8 Å². The van der Waals surface area contributed by atoms with Crippen molar-refractivity contribution in [2.75, 3.05) is 32.3 Å². The van der Waals surface area contributed by atoms with Crippen LogP contribution in [0.2, 0.25) is 0 Å². The Balaban J connectivity index is 1.82. The SMILES string of the molecule is COc1cc(Cc2cnc(N)nc2N)cc(OC)c1OCC(=O)c1ccc(C)cc1. The lowest BCUT2D eigenvalue weighted by atomic mass is 10.1. The Hall–Kier alpha value is -3.81. The second-order valence-corrected chi connectivity index (χ2v) is 6.72. The molecule has 3 rings (SSSR count). The van der Waals surface area contributed by atoms with Crippen molar-refractivity contribution in [1.29, 1.82) is 0 Å². The molecule has 156 valence electrons. The van der Waals surface area contributed by atoms with Crippen LogP contribution in [-0.4, -0.2) is 36.6 Å². The fourth-order valence-electron chi connectivity index (χ4n) is 2.93. The molecule has 8 heteroatoms. The predicted octanol–water partition coefficient (Wildman–Crippen LogP) is 2.82. The van der Waals surface area contributed by atoms with Crippen molar-refractivity contribution in [1.82, 2.24) is 9.97 Å². The molecule has 1 aromatic heterocycles. The van der Waals surface area contributed by atoms with E-state index in [-0.39, 0.29) is 18.3 Å². The van der Waals surface area contributed by atoms with Crippen molar-refractivity contribution in [3.63, 3.8) is 0 Å². The number of aryl methyl sites for hydroxylation is 1. The van der Waals surface area contributed by atoms with E-state index < -0.39 is 0 Å². The number of carbonyl (C=O) groups is 1. The Labute approximate surface area is 174 Å². The summed E-state index contributed by atoms with van der Waals surface area (Å²) in [7, 11) is 3.04. The van der Waals surface area contributed by atoms with Gasteiger partial charge >= 0.3 is 0 Å². The van der Waals surface area contributed by atoms with Crippen molar-refractivity contribution in [2.24, 2.45) is 0 Å². The molecule has 0 aliphatic rings. The third kappa shape index (κ3) is 4.78. The fourth-order valence-corrected chi connectivity index (χ4v) is 2.93. The van der Waals surface area contributed by atoms with Gasteiger partial charge in [-0.05, 0) is 24.6 Å². The summed E-state index contributed by atoms with van der Waals surface area (Å²) in [5, 5.41) is 0. The number of Topliss-reactive ketones (excluding diaryl/α,β-unsaturated/α-hetero) is 1. The molecule has 0 radical (unpaired) electrons. The second kappa shape index (κ2) is 9.13. The zero-order valence-corrected chi connectivity index (χ0v) is 17.1. The molecule has 8 nitrogen and oxygen atoms in total. The first-order valence-corrected chi connectivity index (χ1v) is 9.25. The summed E-state index contributed by atoms with van der Waals surface area (Å²) in [6.45, 7) is 1.82. The molecule has 4 N–H and O–H groups in total. The Bertz CT molecular complexity index is 1030. The van der Waals surface area contributed by atoms with E-state index in [9.17, 15) is 4.79 Å². The second-order valence-electron chi connectivity index (χ2n) is 6.72. The molecule has 1 heterocycles. The van der Waals surface area contributed by atoms with Gasteiger partial charge in [-0.3, -0.25) is 4.79 Å². The maximum Gasteiger partial charge on any atom is 0.221 e. The molecule has 0 amide bonds. The molecule has 0 fully saturated rings. The predicted molar refractivity (Wildman–Crippen MR) is 114 cm³/mol. The molecule has 0 bridgehead atoms. The third-order valence-corrected chi connectivity index (χ3v) is 4.55. The van der Waals surface area contributed by atoms with Crippen molar-refractivity contribution in [3.8, 4) is 17.2 Å². The number of aromatic nitrogens is 2. The molecular weight excluding hydrogens is 384 g/mol. The Morgan fingerprint density at radius 2 is 1.67 bits per heavy atom. The van der Waals surface area contributed by atoms with E-state index >= 15 is 0 Å². The number of ether oxygens (including phenoxy) is 3. The molecule has 0 atom stereocenters. The van der Waals surface area contributed by atoms with E-state index in [0.717, 1.165) is 16.7 Å². The van der Waals surface area contributed by atoms with Crippen LogP contribution >= 0.6 is 0 Å². The molecule has 0 unspecified atom stereocenters. The lowest BCUT2D eigenvalue weighted by Gasteiger charge is -2.16. The number of benzene rings is 2. The smallest absolute Gasteiger partial charge is 0.221 e. The van der Waals surface area contributed by atoms with Crippen molar-refractivity contribution in [3.05, 3.63) is 64.8 Å². The van der Waals surface area contributed by atoms with Crippen LogP contribution in [-0.2, 0) is 6.42 Å². The summed E-state index contributed by atoms with van der Waals surface area (Å²) < 4.78 is 16.7. The molecule has 0 saturated carbocycles. The van der Waals surface area contributed by atoms with Crippen LogP contribution in [0.25, 0.3) is 0 Å². The van der Waals surface area contributed by atoms with Crippen LogP contribution in [0.15, 0.2) is 42.6 Å². The average Bonchev–Trinajstić information content (AvgIpc) is 2.74. The highest BCUT2D eigenvalue weighted by atomic mass is 16.5. The van der Waals surface area contributed by atoms with Gasteiger partial charge in [0.1, 0.15) is 5.82 Å². The van der Waals surface area contributed by atoms with E-state index in [2.05, 4.69) is 9.97 Å². The van der Waals surface area contributed by atoms with E-state index in [0.29, 0.717) is 35.1 Å². The van der Waals surface area contributed by atoms with Gasteiger partial charge in [-0.1, -0.05) is 29.8 Å². The molecule has 0 aliphatic carbocycles. The number of nitrogen functional groups attached to an aromatic ring is 2. The summed E-state index contributed by atoms with van der Waals surface area (Å²) in [4.78, 5) is 20.4. The number of hydrogen-bond donors (Lipinski definition) is 2. The standard InChI is InChI=1S/C22H24N4O4/c1-13-4-6-15(7-5-13)17(27)12-30-20-18(28-2)9-14(10-19(20)29-3)8-16-11-25-22(24)26-21(16)23/h4-7,9-11H,8,12H2,1-3H3,(H4,23,24,25,26). The number of nitrogens with zero attached hydrogens (tertiary/aromatic N) is 2. The minimum absolute atomic E-state index is 0.119. The van der Waals surface area contributed by atoms with Gasteiger partial charge in [-0.2, -0.15) is 4.98 Å². The zero-order valence-electron chi connectivity index (χ0n) is 17.1. The minimum Gasteiger partial charge on any atom is -0.493 e. The van der Waals surface area contributed by atoms with Gasteiger partial charge in [0.2, 0.25) is 11.7 Å². The van der Waals surface area contributed by atoms with Gasteiger partial charge < -0.3 is 25.7 Å². The number of rotatable bonds is 8. The van der Waals surface area contributed by atoms with Gasteiger partial charge in [0.25, 0.3) is 0 Å². The quantitative estimate of drug-likeness (QED) is 0.546. The normalized spacial score (nSPS) is 10.5. The Kier molecular flexibility index (Phi) is 6.36. The van der Waals surface area contributed by atoms with E-state index in [1.807, 2.05) is 19.1 Å². The number of methoxy groups -OCH3 is 2. The summed E-state index contributed by atoms with van der Waals surface area (Å²) >= 11 is 0. The third-order valence-electron chi connectivity index (χ3n) is 4.55. The maximum atomic E-state index is 12.5. The first-order chi connectivity index (χ1) is 14.4. The van der Waals surface area contributed by atoms with Crippen LogP contribution in [0.3, 0.4) is 0 Å². The number of nitrogens with two attached hydrogens (primary N) is 2. The lowest BCUT2D eigenvalue weighted by molar-refractivity contribution is 0.0917. The largest absolute Gasteiger partial charge is 0.493 e. The highest BCUT2D eigenvalue weighted by Gasteiger charge is 2.17. The Morgan fingerprint density at radius 1 is 1.03 bits per heavy atom. The monoisotopic (exact) mass is 408 g/mol. The van der Waals surface area contributed by atoms with Crippen molar-refractivity contribution in [2.45, 2.75) is 13.3 Å². The highest BCUT2D eigenvalue weighted by Crippen LogP contribution is 2.39. The first kappa shape index (κ1) is 20.9. The van der Waals surface area contributed by atoms with E-state index in [4.69, 9.17) is 25.7 Å². The van der Waals surface area contributed by atoms with Gasteiger partial charge in [-0.25, -0.2) is 4.98 Å². The molecule has 3 aromatic rings. The number of ketones is 1. The Morgan fingerprint density at radius 3 is 2.23 bits per heavy atom. The molecule has 0 aliphatic heterocycles. The van der Waals surface area contributed by atoms with E-state index in [1.165, 1.54) is 14.2 Å². The first-order valence-electron chi connectivity index (χ1n) is 9.25. The summed E-state index contributed by atoms with van der Waals surface area (Å²) in [5.74, 6) is 1.52. The number of hydrogen-bond acceptors (Lipinski definition) is 8. The summed E-state index contributed by atoms with van der Waals surface area (Å²) in [5.41, 5.74) is 14.7. The van der Waals surface area contributed by atoms with Crippen molar-refractivity contribution >= 4 is 17.5 Å². The molecule has 0 saturated heterocycles. The number of anilines is 2. The van der Waals surface area contributed by atoms with Gasteiger partial charge in [0, 0.05) is 23.7 Å². The highest BCUT2D eigenvalue weighted by molar-refractivity contribution is 5.97. The lowest BCUT2D eigenvalue weighted by Crippen LogP contribution is -2.13. The maximum absolute atomic E-state index is 12.5. The summed E-state index contributed by atoms with van der Waals surface area (Å²) in [6, 6.07) is 10.9. The summed E-state index contributed by atoms with van der Waals surface area (Å²) in [6.07, 6.45) is 2.03.